The van der Waals surface area contributed by atoms with Crippen LogP contribution in [0.3, 0.4) is 0 Å². The van der Waals surface area contributed by atoms with Gasteiger partial charge >= 0.3 is 0 Å². The van der Waals surface area contributed by atoms with Gasteiger partial charge in [-0.25, -0.2) is 0 Å². The molecule has 0 spiro atoms. The summed E-state index contributed by atoms with van der Waals surface area (Å²) in [6.07, 6.45) is 1.01. The van der Waals surface area contributed by atoms with E-state index in [1.54, 1.807) is 11.8 Å². The smallest absolute Gasteiger partial charge is 0.119 e. The van der Waals surface area contributed by atoms with Gasteiger partial charge in [0, 0.05) is 16.3 Å². The maximum absolute atomic E-state index is 5.91. The Labute approximate surface area is 125 Å². The van der Waals surface area contributed by atoms with Crippen LogP contribution in [-0.4, -0.2) is 12.4 Å². The fourth-order valence-electron chi connectivity index (χ4n) is 2.06. The molecule has 0 aliphatic rings. The molecule has 2 aromatic rings. The first kappa shape index (κ1) is 14.8. The van der Waals surface area contributed by atoms with E-state index in [0.29, 0.717) is 0 Å². The van der Waals surface area contributed by atoms with Gasteiger partial charge in [-0.3, -0.25) is 0 Å². The van der Waals surface area contributed by atoms with Crippen molar-refractivity contribution in [3.8, 4) is 5.75 Å². The second kappa shape index (κ2) is 7.25. The van der Waals surface area contributed by atoms with Crippen molar-refractivity contribution in [2.24, 2.45) is 0 Å². The summed E-state index contributed by atoms with van der Waals surface area (Å²) in [5, 5.41) is 0. The monoisotopic (exact) mass is 287 g/mol. The molecule has 0 unspecified atom stereocenters. The van der Waals surface area contributed by atoms with Gasteiger partial charge in [-0.2, -0.15) is 0 Å². The Morgan fingerprint density at radius 1 is 1.05 bits per heavy atom. The number of aryl methyl sites for hydroxylation is 2. The van der Waals surface area contributed by atoms with Crippen molar-refractivity contribution in [3.05, 3.63) is 53.6 Å². The normalized spacial score (nSPS) is 10.5. The van der Waals surface area contributed by atoms with E-state index in [1.165, 1.54) is 11.1 Å². The van der Waals surface area contributed by atoms with Gasteiger partial charge in [-0.05, 0) is 55.7 Å². The number of benzene rings is 2. The molecule has 0 heterocycles. The molecular formula is C17H21NOS. The van der Waals surface area contributed by atoms with Crippen LogP contribution in [-0.2, 0) is 0 Å². The fourth-order valence-corrected chi connectivity index (χ4v) is 2.95. The highest BCUT2D eigenvalue weighted by molar-refractivity contribution is 7.99. The summed E-state index contributed by atoms with van der Waals surface area (Å²) in [4.78, 5) is 1.15. The van der Waals surface area contributed by atoms with Crippen molar-refractivity contribution < 1.29 is 4.74 Å². The van der Waals surface area contributed by atoms with Gasteiger partial charge in [-0.15, -0.1) is 11.8 Å². The number of hydrogen-bond donors (Lipinski definition) is 1. The van der Waals surface area contributed by atoms with Crippen molar-refractivity contribution in [2.75, 3.05) is 18.1 Å². The molecule has 0 bridgehead atoms. The zero-order chi connectivity index (χ0) is 14.4. The highest BCUT2D eigenvalue weighted by atomic mass is 32.2. The third kappa shape index (κ3) is 4.49. The van der Waals surface area contributed by atoms with E-state index in [-0.39, 0.29) is 0 Å². The number of ether oxygens (including phenoxy) is 1. The van der Waals surface area contributed by atoms with Gasteiger partial charge in [0.1, 0.15) is 5.75 Å². The molecule has 0 saturated carbocycles. The van der Waals surface area contributed by atoms with Crippen LogP contribution in [0.2, 0.25) is 0 Å². The van der Waals surface area contributed by atoms with E-state index in [0.717, 1.165) is 35.1 Å². The van der Waals surface area contributed by atoms with Crippen molar-refractivity contribution in [1.29, 1.82) is 0 Å². The van der Waals surface area contributed by atoms with Crippen LogP contribution in [0.5, 0.6) is 5.75 Å². The first-order valence-corrected chi connectivity index (χ1v) is 7.82. The molecule has 2 nitrogen and oxygen atoms in total. The fraction of sp³-hybridized carbons (Fsp3) is 0.294. The average Bonchev–Trinajstić information content (AvgIpc) is 2.39. The highest BCUT2D eigenvalue weighted by Crippen LogP contribution is 2.25. The number of rotatable bonds is 6. The van der Waals surface area contributed by atoms with Gasteiger partial charge in [0.2, 0.25) is 0 Å². The molecule has 0 fully saturated rings. The molecule has 0 saturated heterocycles. The summed E-state index contributed by atoms with van der Waals surface area (Å²) in [6, 6.07) is 14.3. The second-order valence-corrected chi connectivity index (χ2v) is 6.05. The molecular weight excluding hydrogens is 266 g/mol. The molecule has 3 heteroatoms. The Morgan fingerprint density at radius 2 is 1.75 bits per heavy atom. The van der Waals surface area contributed by atoms with Crippen LogP contribution in [0.15, 0.2) is 47.4 Å². The van der Waals surface area contributed by atoms with Gasteiger partial charge in [-0.1, -0.05) is 18.2 Å². The Bertz CT molecular complexity index is 548. The molecule has 2 rings (SSSR count). The molecule has 20 heavy (non-hydrogen) atoms. The number of nitrogen functional groups attached to an aromatic ring is 1. The van der Waals surface area contributed by atoms with Crippen LogP contribution in [0.25, 0.3) is 0 Å². The summed E-state index contributed by atoms with van der Waals surface area (Å²) in [5.74, 6) is 1.98. The molecule has 0 amide bonds. The maximum Gasteiger partial charge on any atom is 0.119 e. The van der Waals surface area contributed by atoms with Crippen LogP contribution in [0.1, 0.15) is 17.5 Å². The third-order valence-electron chi connectivity index (χ3n) is 2.93. The summed E-state index contributed by atoms with van der Waals surface area (Å²) < 4.78 is 5.79. The van der Waals surface area contributed by atoms with Crippen molar-refractivity contribution in [1.82, 2.24) is 0 Å². The lowest BCUT2D eigenvalue weighted by atomic mass is 10.1. The average molecular weight is 287 g/mol. The van der Waals surface area contributed by atoms with E-state index in [1.807, 2.05) is 18.2 Å². The van der Waals surface area contributed by atoms with E-state index in [2.05, 4.69) is 38.1 Å². The molecule has 0 radical (unpaired) electrons. The van der Waals surface area contributed by atoms with Crippen LogP contribution >= 0.6 is 11.8 Å². The molecule has 2 aromatic carbocycles. The standard InChI is InChI=1S/C17H21NOS/c1-13-10-14(2)12-15(11-13)19-8-5-9-20-17-7-4-3-6-16(17)18/h3-4,6-7,10-12H,5,8-9,18H2,1-2H3. The first-order valence-electron chi connectivity index (χ1n) is 6.83. The Kier molecular flexibility index (Phi) is 5.36. The molecule has 0 aliphatic heterocycles. The number of para-hydroxylation sites is 1. The number of hydrogen-bond acceptors (Lipinski definition) is 3. The summed E-state index contributed by atoms with van der Waals surface area (Å²) in [5.41, 5.74) is 9.25. The van der Waals surface area contributed by atoms with Gasteiger partial charge < -0.3 is 10.5 Å². The Hall–Kier alpha value is -1.61. The minimum absolute atomic E-state index is 0.739. The van der Waals surface area contributed by atoms with Crippen molar-refractivity contribution in [2.45, 2.75) is 25.2 Å². The zero-order valence-corrected chi connectivity index (χ0v) is 12.9. The predicted molar refractivity (Wildman–Crippen MR) is 87.6 cm³/mol. The summed E-state index contributed by atoms with van der Waals surface area (Å²) >= 11 is 1.78. The maximum atomic E-state index is 5.91. The van der Waals surface area contributed by atoms with Crippen molar-refractivity contribution >= 4 is 17.4 Å². The number of nitrogens with two attached hydrogens (primary N) is 1. The molecule has 2 N–H and O–H groups in total. The second-order valence-electron chi connectivity index (χ2n) is 4.91. The zero-order valence-electron chi connectivity index (χ0n) is 12.1. The summed E-state index contributed by atoms with van der Waals surface area (Å²) in [7, 11) is 0. The topological polar surface area (TPSA) is 35.2 Å². The Balaban J connectivity index is 1.73. The molecule has 0 atom stereocenters. The van der Waals surface area contributed by atoms with E-state index >= 15 is 0 Å². The van der Waals surface area contributed by atoms with Crippen LogP contribution in [0, 0.1) is 13.8 Å². The first-order chi connectivity index (χ1) is 9.65. The van der Waals surface area contributed by atoms with Crippen LogP contribution < -0.4 is 10.5 Å². The van der Waals surface area contributed by atoms with E-state index in [4.69, 9.17) is 10.5 Å². The highest BCUT2D eigenvalue weighted by Gasteiger charge is 2.00. The molecule has 0 aromatic heterocycles. The van der Waals surface area contributed by atoms with E-state index < -0.39 is 0 Å². The molecule has 0 aliphatic carbocycles. The number of anilines is 1. The quantitative estimate of drug-likeness (QED) is 0.484. The van der Waals surface area contributed by atoms with E-state index in [9.17, 15) is 0 Å². The van der Waals surface area contributed by atoms with Crippen molar-refractivity contribution in [3.63, 3.8) is 0 Å². The lowest BCUT2D eigenvalue weighted by molar-refractivity contribution is 0.318. The lowest BCUT2D eigenvalue weighted by Gasteiger charge is -2.08. The third-order valence-corrected chi connectivity index (χ3v) is 4.10. The minimum Gasteiger partial charge on any atom is -0.494 e. The number of thioether (sulfide) groups is 1. The SMILES string of the molecule is Cc1cc(C)cc(OCCCSc2ccccc2N)c1. The lowest BCUT2D eigenvalue weighted by Crippen LogP contribution is -1.99. The minimum atomic E-state index is 0.739. The van der Waals surface area contributed by atoms with Gasteiger partial charge in [0.05, 0.1) is 6.61 Å². The predicted octanol–water partition coefficient (Wildman–Crippen LogP) is 4.45. The van der Waals surface area contributed by atoms with Gasteiger partial charge in [0.25, 0.3) is 0 Å². The van der Waals surface area contributed by atoms with Gasteiger partial charge in [0.15, 0.2) is 0 Å². The summed E-state index contributed by atoms with van der Waals surface area (Å²) in [6.45, 7) is 4.92. The molecule has 106 valence electrons. The van der Waals surface area contributed by atoms with Crippen LogP contribution in [0.4, 0.5) is 5.69 Å². The Morgan fingerprint density at radius 3 is 2.45 bits per heavy atom. The largest absolute Gasteiger partial charge is 0.494 e.